The van der Waals surface area contributed by atoms with Crippen molar-refractivity contribution in [2.45, 2.75) is 40.5 Å². The van der Waals surface area contributed by atoms with Crippen LogP contribution in [0.25, 0.3) is 0 Å². The minimum absolute atomic E-state index is 0.0226. The van der Waals surface area contributed by atoms with Crippen molar-refractivity contribution in [3.63, 3.8) is 0 Å². The number of ether oxygens (including phenoxy) is 1. The van der Waals surface area contributed by atoms with Gasteiger partial charge in [-0.15, -0.1) is 0 Å². The van der Waals surface area contributed by atoms with E-state index in [4.69, 9.17) is 4.74 Å². The van der Waals surface area contributed by atoms with Crippen molar-refractivity contribution in [1.82, 2.24) is 5.32 Å². The van der Waals surface area contributed by atoms with Gasteiger partial charge in [-0.2, -0.15) is 0 Å². The first-order valence-electron chi connectivity index (χ1n) is 5.75. The molecule has 0 fully saturated rings. The molecule has 4 nitrogen and oxygen atoms in total. The van der Waals surface area contributed by atoms with E-state index in [2.05, 4.69) is 5.32 Å². The second kappa shape index (κ2) is 7.39. The summed E-state index contributed by atoms with van der Waals surface area (Å²) in [6.07, 6.45) is 0.924. The predicted molar refractivity (Wildman–Crippen MR) is 63.2 cm³/mol. The highest BCUT2D eigenvalue weighted by atomic mass is 16.5. The van der Waals surface area contributed by atoms with Crippen molar-refractivity contribution in [1.29, 1.82) is 0 Å². The average Bonchev–Trinajstić information content (AvgIpc) is 2.20. The SMILES string of the molecule is CCC(=O)NCCOCCC(=O)C(C)(C)C. The first kappa shape index (κ1) is 15.1. The molecule has 0 saturated heterocycles. The Hall–Kier alpha value is -0.900. The number of carbonyl (C=O) groups excluding carboxylic acids is 2. The Bertz CT molecular complexity index is 231. The Kier molecular flexibility index (Phi) is 6.97. The molecule has 4 heteroatoms. The zero-order valence-electron chi connectivity index (χ0n) is 10.8. The third-order valence-electron chi connectivity index (χ3n) is 2.20. The zero-order chi connectivity index (χ0) is 12.6. The van der Waals surface area contributed by atoms with E-state index in [1.165, 1.54) is 0 Å². The summed E-state index contributed by atoms with van der Waals surface area (Å²) in [5.74, 6) is 0.222. The van der Waals surface area contributed by atoms with Crippen LogP contribution in [0.4, 0.5) is 0 Å². The molecule has 0 aliphatic carbocycles. The summed E-state index contributed by atoms with van der Waals surface area (Å²) in [6, 6.07) is 0. The van der Waals surface area contributed by atoms with Crippen molar-refractivity contribution < 1.29 is 14.3 Å². The number of hydrogen-bond acceptors (Lipinski definition) is 3. The molecule has 0 heterocycles. The van der Waals surface area contributed by atoms with Gasteiger partial charge in [-0.1, -0.05) is 27.7 Å². The maximum absolute atomic E-state index is 11.5. The molecule has 16 heavy (non-hydrogen) atoms. The van der Waals surface area contributed by atoms with Gasteiger partial charge < -0.3 is 10.1 Å². The summed E-state index contributed by atoms with van der Waals surface area (Å²) in [5.41, 5.74) is -0.292. The van der Waals surface area contributed by atoms with Gasteiger partial charge >= 0.3 is 0 Å². The molecule has 1 N–H and O–H groups in total. The zero-order valence-corrected chi connectivity index (χ0v) is 10.8. The van der Waals surface area contributed by atoms with Gasteiger partial charge in [-0.05, 0) is 0 Å². The van der Waals surface area contributed by atoms with Crippen LogP contribution >= 0.6 is 0 Å². The normalized spacial score (nSPS) is 11.2. The van der Waals surface area contributed by atoms with Gasteiger partial charge in [0.25, 0.3) is 0 Å². The van der Waals surface area contributed by atoms with Gasteiger partial charge in [0.1, 0.15) is 5.78 Å². The number of ketones is 1. The fourth-order valence-corrected chi connectivity index (χ4v) is 1.03. The Morgan fingerprint density at radius 3 is 2.31 bits per heavy atom. The van der Waals surface area contributed by atoms with Gasteiger partial charge in [0.05, 0.1) is 13.2 Å². The highest BCUT2D eigenvalue weighted by Crippen LogP contribution is 2.16. The largest absolute Gasteiger partial charge is 0.379 e. The lowest BCUT2D eigenvalue weighted by Crippen LogP contribution is -2.27. The van der Waals surface area contributed by atoms with Crippen LogP contribution in [-0.4, -0.2) is 31.4 Å². The predicted octanol–water partition coefficient (Wildman–Crippen LogP) is 1.53. The van der Waals surface area contributed by atoms with E-state index in [0.717, 1.165) is 0 Å². The Morgan fingerprint density at radius 1 is 1.19 bits per heavy atom. The Labute approximate surface area is 97.7 Å². The van der Waals surface area contributed by atoms with E-state index >= 15 is 0 Å². The monoisotopic (exact) mass is 229 g/mol. The lowest BCUT2D eigenvalue weighted by molar-refractivity contribution is -0.127. The molecule has 0 aromatic heterocycles. The topological polar surface area (TPSA) is 55.4 Å². The molecule has 0 aliphatic heterocycles. The number of amides is 1. The van der Waals surface area contributed by atoms with Crippen molar-refractivity contribution in [2.24, 2.45) is 5.41 Å². The van der Waals surface area contributed by atoms with E-state index in [0.29, 0.717) is 32.6 Å². The highest BCUT2D eigenvalue weighted by Gasteiger charge is 2.20. The molecule has 1 amide bonds. The number of Topliss-reactive ketones (excluding diaryl/α,β-unsaturated/α-hetero) is 1. The molecule has 0 atom stereocenters. The van der Waals surface area contributed by atoms with Crippen LogP contribution in [0, 0.1) is 5.41 Å². The molecule has 0 aliphatic rings. The van der Waals surface area contributed by atoms with Crippen LogP contribution in [0.15, 0.2) is 0 Å². The second-order valence-electron chi connectivity index (χ2n) is 4.74. The number of rotatable bonds is 7. The van der Waals surface area contributed by atoms with Crippen molar-refractivity contribution >= 4 is 11.7 Å². The standard InChI is InChI=1S/C12H23NO3/c1-5-11(15)13-7-9-16-8-6-10(14)12(2,3)4/h5-9H2,1-4H3,(H,13,15). The molecular weight excluding hydrogens is 206 g/mol. The van der Waals surface area contributed by atoms with Crippen molar-refractivity contribution in [2.75, 3.05) is 19.8 Å². The van der Waals surface area contributed by atoms with Crippen LogP contribution in [0.5, 0.6) is 0 Å². The van der Waals surface area contributed by atoms with Crippen molar-refractivity contribution in [3.8, 4) is 0 Å². The summed E-state index contributed by atoms with van der Waals surface area (Å²) in [7, 11) is 0. The number of hydrogen-bond donors (Lipinski definition) is 1. The summed E-state index contributed by atoms with van der Waals surface area (Å²) < 4.78 is 5.26. The van der Waals surface area contributed by atoms with E-state index in [1.807, 2.05) is 20.8 Å². The quantitative estimate of drug-likeness (QED) is 0.674. The van der Waals surface area contributed by atoms with E-state index in [-0.39, 0.29) is 17.1 Å². The molecule has 0 bridgehead atoms. The average molecular weight is 229 g/mol. The minimum atomic E-state index is -0.292. The second-order valence-corrected chi connectivity index (χ2v) is 4.74. The lowest BCUT2D eigenvalue weighted by atomic mass is 9.89. The summed E-state index contributed by atoms with van der Waals surface area (Å²) in [4.78, 5) is 22.4. The van der Waals surface area contributed by atoms with E-state index in [9.17, 15) is 9.59 Å². The summed E-state index contributed by atoms with van der Waals surface area (Å²) in [5, 5.41) is 2.70. The van der Waals surface area contributed by atoms with Crippen molar-refractivity contribution in [3.05, 3.63) is 0 Å². The first-order valence-corrected chi connectivity index (χ1v) is 5.75. The molecule has 0 aromatic rings. The van der Waals surface area contributed by atoms with Gasteiger partial charge in [0.15, 0.2) is 0 Å². The maximum atomic E-state index is 11.5. The van der Waals surface area contributed by atoms with E-state index < -0.39 is 0 Å². The lowest BCUT2D eigenvalue weighted by Gasteiger charge is -2.16. The van der Waals surface area contributed by atoms with Gasteiger partial charge in [0, 0.05) is 24.8 Å². The molecule has 94 valence electrons. The van der Waals surface area contributed by atoms with E-state index in [1.54, 1.807) is 6.92 Å². The third kappa shape index (κ3) is 7.40. The molecule has 0 saturated carbocycles. The molecule has 0 radical (unpaired) electrons. The van der Waals surface area contributed by atoms with Gasteiger partial charge in [-0.3, -0.25) is 9.59 Å². The minimum Gasteiger partial charge on any atom is -0.379 e. The maximum Gasteiger partial charge on any atom is 0.219 e. The highest BCUT2D eigenvalue weighted by molar-refractivity contribution is 5.83. The summed E-state index contributed by atoms with van der Waals surface area (Å²) in [6.45, 7) is 8.90. The van der Waals surface area contributed by atoms with Crippen LogP contribution in [0.1, 0.15) is 40.5 Å². The molecule has 0 unspecified atom stereocenters. The smallest absolute Gasteiger partial charge is 0.219 e. The summed E-state index contributed by atoms with van der Waals surface area (Å²) >= 11 is 0. The fraction of sp³-hybridized carbons (Fsp3) is 0.833. The van der Waals surface area contributed by atoms with Crippen LogP contribution in [0.2, 0.25) is 0 Å². The number of carbonyl (C=O) groups is 2. The Balaban J connectivity index is 3.41. The van der Waals surface area contributed by atoms with Crippen LogP contribution in [-0.2, 0) is 14.3 Å². The molecule has 0 rings (SSSR count). The number of nitrogens with one attached hydrogen (secondary N) is 1. The van der Waals surface area contributed by atoms with Crippen LogP contribution in [0.3, 0.4) is 0 Å². The Morgan fingerprint density at radius 2 is 1.81 bits per heavy atom. The molecule has 0 aromatic carbocycles. The molecule has 0 spiro atoms. The van der Waals surface area contributed by atoms with Gasteiger partial charge in [-0.25, -0.2) is 0 Å². The third-order valence-corrected chi connectivity index (χ3v) is 2.20. The molecular formula is C12H23NO3. The van der Waals surface area contributed by atoms with Crippen LogP contribution < -0.4 is 5.32 Å². The first-order chi connectivity index (χ1) is 7.38. The van der Waals surface area contributed by atoms with Gasteiger partial charge in [0.2, 0.25) is 5.91 Å². The fourth-order valence-electron chi connectivity index (χ4n) is 1.03.